The summed E-state index contributed by atoms with van der Waals surface area (Å²) in [6, 6.07) is 1.88. The van der Waals surface area contributed by atoms with E-state index in [1.165, 1.54) is 19.1 Å². The molecule has 6 nitrogen and oxygen atoms in total. The Balaban J connectivity index is 3.27. The van der Waals surface area contributed by atoms with Crippen LogP contribution >= 0.6 is 10.7 Å². The maximum atomic E-state index is 13.9. The zero-order valence-electron chi connectivity index (χ0n) is 11.7. The number of halogens is 2. The fraction of sp³-hybridized carbons (Fsp3) is 0.417. The average molecular weight is 340 g/mol. The third kappa shape index (κ3) is 4.29. The van der Waals surface area contributed by atoms with Crippen molar-refractivity contribution in [1.82, 2.24) is 4.90 Å². The van der Waals surface area contributed by atoms with E-state index in [2.05, 4.69) is 4.74 Å². The van der Waals surface area contributed by atoms with Crippen LogP contribution in [0.2, 0.25) is 0 Å². The largest absolute Gasteiger partial charge is 0.492 e. The van der Waals surface area contributed by atoms with Crippen LogP contribution in [0.4, 0.5) is 4.39 Å². The van der Waals surface area contributed by atoms with Gasteiger partial charge in [-0.1, -0.05) is 0 Å². The molecule has 0 saturated heterocycles. The number of hydrogen-bond acceptors (Lipinski definition) is 5. The van der Waals surface area contributed by atoms with Crippen LogP contribution in [0, 0.1) is 5.82 Å². The smallest absolute Gasteiger partial charge is 0.265 e. The molecule has 1 aromatic carbocycles. The molecule has 0 atom stereocenters. The molecule has 9 heteroatoms. The monoisotopic (exact) mass is 339 g/mol. The van der Waals surface area contributed by atoms with Crippen molar-refractivity contribution in [1.29, 1.82) is 0 Å². The van der Waals surface area contributed by atoms with E-state index in [0.29, 0.717) is 6.61 Å². The summed E-state index contributed by atoms with van der Waals surface area (Å²) >= 11 is 0. The van der Waals surface area contributed by atoms with E-state index < -0.39 is 31.4 Å². The van der Waals surface area contributed by atoms with Crippen molar-refractivity contribution in [2.45, 2.75) is 4.90 Å². The molecule has 0 aliphatic carbocycles. The van der Waals surface area contributed by atoms with Crippen LogP contribution in [0.15, 0.2) is 17.0 Å². The molecule has 21 heavy (non-hydrogen) atoms. The summed E-state index contributed by atoms with van der Waals surface area (Å²) in [7, 11) is 5.05. The van der Waals surface area contributed by atoms with Gasteiger partial charge in [0.1, 0.15) is 4.90 Å². The predicted octanol–water partition coefficient (Wildman–Crippen LogP) is 1.48. The van der Waals surface area contributed by atoms with Gasteiger partial charge in [0.25, 0.3) is 15.0 Å². The van der Waals surface area contributed by atoms with Crippen molar-refractivity contribution in [3.05, 3.63) is 23.5 Å². The molecule has 0 N–H and O–H groups in total. The first-order valence-corrected chi connectivity index (χ1v) is 8.10. The van der Waals surface area contributed by atoms with E-state index in [0.717, 1.165) is 19.2 Å². The fourth-order valence-corrected chi connectivity index (χ4v) is 2.63. The molecule has 0 bridgehead atoms. The Morgan fingerprint density at radius 2 is 2.00 bits per heavy atom. The van der Waals surface area contributed by atoms with E-state index in [4.69, 9.17) is 15.4 Å². The first-order chi connectivity index (χ1) is 9.72. The second kappa shape index (κ2) is 7.06. The van der Waals surface area contributed by atoms with Gasteiger partial charge < -0.3 is 14.4 Å². The molecule has 1 aromatic rings. The quantitative estimate of drug-likeness (QED) is 0.734. The molecule has 0 spiro atoms. The van der Waals surface area contributed by atoms with Crippen LogP contribution in [0.3, 0.4) is 0 Å². The molecule has 0 radical (unpaired) electrons. The highest BCUT2D eigenvalue weighted by Crippen LogP contribution is 2.31. The molecule has 0 saturated carbocycles. The zero-order valence-corrected chi connectivity index (χ0v) is 13.3. The van der Waals surface area contributed by atoms with Crippen LogP contribution in [-0.2, 0) is 13.8 Å². The van der Waals surface area contributed by atoms with Crippen LogP contribution in [0.5, 0.6) is 5.75 Å². The normalized spacial score (nSPS) is 11.3. The average Bonchev–Trinajstić information content (AvgIpc) is 2.41. The molecule has 0 aromatic heterocycles. The van der Waals surface area contributed by atoms with E-state index in [-0.39, 0.29) is 12.1 Å². The minimum atomic E-state index is -4.25. The van der Waals surface area contributed by atoms with Crippen LogP contribution in [0.25, 0.3) is 0 Å². The Labute approximate surface area is 126 Å². The summed E-state index contributed by atoms with van der Waals surface area (Å²) in [6.45, 7) is 0.563. The highest BCUT2D eigenvalue weighted by atomic mass is 35.7. The first-order valence-electron chi connectivity index (χ1n) is 5.79. The lowest BCUT2D eigenvalue weighted by Crippen LogP contribution is -2.30. The zero-order chi connectivity index (χ0) is 16.2. The minimum absolute atomic E-state index is 0.147. The molecule has 0 unspecified atom stereocenters. The second-order valence-corrected chi connectivity index (χ2v) is 6.68. The van der Waals surface area contributed by atoms with Gasteiger partial charge in [-0.15, -0.1) is 0 Å². The summed E-state index contributed by atoms with van der Waals surface area (Å²) in [6.07, 6.45) is 0. The Hall–Kier alpha value is -1.38. The summed E-state index contributed by atoms with van der Waals surface area (Å²) in [4.78, 5) is 12.8. The highest BCUT2D eigenvalue weighted by molar-refractivity contribution is 8.13. The molecule has 118 valence electrons. The van der Waals surface area contributed by atoms with Gasteiger partial charge in [-0.05, 0) is 12.1 Å². The molecule has 0 aliphatic heterocycles. The van der Waals surface area contributed by atoms with Gasteiger partial charge in [-0.2, -0.15) is 0 Å². The number of methoxy groups -OCH3 is 2. The van der Waals surface area contributed by atoms with Gasteiger partial charge in [0.05, 0.1) is 13.7 Å². The number of amides is 1. The van der Waals surface area contributed by atoms with Gasteiger partial charge in [0.2, 0.25) is 0 Å². The molecule has 1 amide bonds. The number of hydrogen-bond donors (Lipinski definition) is 0. The minimum Gasteiger partial charge on any atom is -0.492 e. The van der Waals surface area contributed by atoms with Crippen LogP contribution < -0.4 is 4.74 Å². The second-order valence-electron chi connectivity index (χ2n) is 4.15. The number of carbonyl (C=O) groups is 1. The van der Waals surface area contributed by atoms with Gasteiger partial charge in [-0.3, -0.25) is 4.79 Å². The topological polar surface area (TPSA) is 72.9 Å². The number of ether oxygens (including phenoxy) is 2. The third-order valence-electron chi connectivity index (χ3n) is 2.70. The Kier molecular flexibility index (Phi) is 5.94. The van der Waals surface area contributed by atoms with E-state index in [1.54, 1.807) is 0 Å². The Morgan fingerprint density at radius 1 is 1.38 bits per heavy atom. The standard InChI is InChI=1S/C12H15ClFNO5S/c1-15(4-5-19-2)12(16)8-6-9(14)11(20-3)10(7-8)21(13,17)18/h6-7H,4-5H2,1-3H3. The predicted molar refractivity (Wildman–Crippen MR) is 74.8 cm³/mol. The van der Waals surface area contributed by atoms with Crippen molar-refractivity contribution in [3.8, 4) is 5.75 Å². The lowest BCUT2D eigenvalue weighted by molar-refractivity contribution is 0.0743. The van der Waals surface area contributed by atoms with Crippen molar-refractivity contribution in [3.63, 3.8) is 0 Å². The lowest BCUT2D eigenvalue weighted by atomic mass is 10.2. The summed E-state index contributed by atoms with van der Waals surface area (Å²) in [5.41, 5.74) is -0.147. The molecular weight excluding hydrogens is 325 g/mol. The van der Waals surface area contributed by atoms with Gasteiger partial charge in [-0.25, -0.2) is 12.8 Å². The Morgan fingerprint density at radius 3 is 2.48 bits per heavy atom. The van der Waals surface area contributed by atoms with Gasteiger partial charge in [0.15, 0.2) is 11.6 Å². The summed E-state index contributed by atoms with van der Waals surface area (Å²) in [5.74, 6) is -2.07. The number of rotatable bonds is 6. The van der Waals surface area contributed by atoms with Crippen molar-refractivity contribution in [2.24, 2.45) is 0 Å². The molecule has 0 heterocycles. The summed E-state index contributed by atoms with van der Waals surface area (Å²) in [5, 5.41) is 0. The maximum Gasteiger partial charge on any atom is 0.265 e. The van der Waals surface area contributed by atoms with Crippen molar-refractivity contribution in [2.75, 3.05) is 34.4 Å². The maximum absolute atomic E-state index is 13.9. The first kappa shape index (κ1) is 17.7. The third-order valence-corrected chi connectivity index (χ3v) is 4.03. The molecule has 0 aliphatic rings. The van der Waals surface area contributed by atoms with Crippen LogP contribution in [-0.4, -0.2) is 53.6 Å². The Bertz CT molecular complexity index is 635. The van der Waals surface area contributed by atoms with Crippen molar-refractivity contribution < 1.29 is 27.1 Å². The number of benzene rings is 1. The van der Waals surface area contributed by atoms with Crippen molar-refractivity contribution >= 4 is 25.6 Å². The van der Waals surface area contributed by atoms with Gasteiger partial charge in [0, 0.05) is 36.9 Å². The SMILES string of the molecule is COCCN(C)C(=O)c1cc(F)c(OC)c(S(=O)(=O)Cl)c1. The molecule has 0 fully saturated rings. The van der Waals surface area contributed by atoms with E-state index in [1.807, 2.05) is 0 Å². The van der Waals surface area contributed by atoms with Crippen LogP contribution in [0.1, 0.15) is 10.4 Å². The lowest BCUT2D eigenvalue weighted by Gasteiger charge is -2.17. The number of carbonyl (C=O) groups excluding carboxylic acids is 1. The summed E-state index contributed by atoms with van der Waals surface area (Å²) < 4.78 is 46.3. The van der Waals surface area contributed by atoms with E-state index >= 15 is 0 Å². The fourth-order valence-electron chi connectivity index (χ4n) is 1.62. The molecule has 1 rings (SSSR count). The number of nitrogens with zero attached hydrogens (tertiary/aromatic N) is 1. The van der Waals surface area contributed by atoms with E-state index in [9.17, 15) is 17.6 Å². The van der Waals surface area contributed by atoms with Gasteiger partial charge >= 0.3 is 0 Å². The highest BCUT2D eigenvalue weighted by Gasteiger charge is 2.24. The molecular formula is C12H15ClFNO5S. The number of likely N-dealkylation sites (N-methyl/N-ethyl adjacent to an activating group) is 1.